The zero-order valence-electron chi connectivity index (χ0n) is 16.8. The van der Waals surface area contributed by atoms with Gasteiger partial charge in [-0.3, -0.25) is 9.98 Å². The Kier molecular flexibility index (Phi) is 8.50. The molecule has 0 atom stereocenters. The van der Waals surface area contributed by atoms with E-state index >= 15 is 0 Å². The van der Waals surface area contributed by atoms with Crippen molar-refractivity contribution in [2.45, 2.75) is 11.8 Å². The van der Waals surface area contributed by atoms with Crippen molar-refractivity contribution in [2.24, 2.45) is 9.98 Å². The fraction of sp³-hybridized carbons (Fsp3) is 0.167. The first-order valence-corrected chi connectivity index (χ1v) is 10.3. The molecule has 144 valence electrons. The lowest BCUT2D eigenvalue weighted by atomic mass is 10.0. The predicted octanol–water partition coefficient (Wildman–Crippen LogP) is 6.06. The van der Waals surface area contributed by atoms with Crippen molar-refractivity contribution in [1.29, 1.82) is 0 Å². The zero-order chi connectivity index (χ0) is 20.4. The van der Waals surface area contributed by atoms with E-state index < -0.39 is 0 Å². The molecular formula is C24H27N3S. The number of thioether (sulfide) groups is 1. The van der Waals surface area contributed by atoms with Crippen LogP contribution in [0.15, 0.2) is 93.8 Å². The van der Waals surface area contributed by atoms with Crippen LogP contribution in [-0.4, -0.2) is 32.4 Å². The number of rotatable bonds is 8. The lowest BCUT2D eigenvalue weighted by Crippen LogP contribution is -2.26. The van der Waals surface area contributed by atoms with Gasteiger partial charge in [0.25, 0.3) is 0 Å². The summed E-state index contributed by atoms with van der Waals surface area (Å²) in [6.07, 6.45) is 9.95. The number of allylic oxidation sites excluding steroid dienone is 3. The van der Waals surface area contributed by atoms with Gasteiger partial charge >= 0.3 is 0 Å². The molecule has 0 aliphatic carbocycles. The van der Waals surface area contributed by atoms with E-state index in [4.69, 9.17) is 0 Å². The van der Waals surface area contributed by atoms with Gasteiger partial charge in [0.1, 0.15) is 5.84 Å². The van der Waals surface area contributed by atoms with Crippen molar-refractivity contribution >= 4 is 30.0 Å². The van der Waals surface area contributed by atoms with E-state index in [-0.39, 0.29) is 0 Å². The first kappa shape index (κ1) is 21.5. The van der Waals surface area contributed by atoms with Gasteiger partial charge in [-0.2, -0.15) is 0 Å². The normalized spacial score (nSPS) is 12.2. The van der Waals surface area contributed by atoms with Crippen molar-refractivity contribution in [1.82, 2.24) is 5.32 Å². The highest BCUT2D eigenvalue weighted by molar-refractivity contribution is 7.98. The summed E-state index contributed by atoms with van der Waals surface area (Å²) < 4.78 is 0. The predicted molar refractivity (Wildman–Crippen MR) is 126 cm³/mol. The Morgan fingerprint density at radius 2 is 1.96 bits per heavy atom. The molecule has 0 radical (unpaired) electrons. The van der Waals surface area contributed by atoms with Gasteiger partial charge in [0.15, 0.2) is 0 Å². The minimum absolute atomic E-state index is 0.628. The average Bonchev–Trinajstić information content (AvgIpc) is 2.76. The van der Waals surface area contributed by atoms with Crippen LogP contribution >= 0.6 is 11.8 Å². The van der Waals surface area contributed by atoms with Crippen LogP contribution in [0.25, 0.3) is 11.1 Å². The minimum atomic E-state index is 0.628. The van der Waals surface area contributed by atoms with E-state index in [0.717, 1.165) is 28.2 Å². The fourth-order valence-corrected chi connectivity index (χ4v) is 3.20. The molecule has 28 heavy (non-hydrogen) atoms. The number of amidine groups is 1. The third kappa shape index (κ3) is 5.57. The maximum atomic E-state index is 4.46. The molecule has 2 aromatic carbocycles. The first-order valence-electron chi connectivity index (χ1n) is 9.07. The molecule has 0 aliphatic rings. The quantitative estimate of drug-likeness (QED) is 0.258. The summed E-state index contributed by atoms with van der Waals surface area (Å²) in [5.41, 5.74) is 5.10. The molecule has 0 aliphatic heterocycles. The number of nitrogens with zero attached hydrogens (tertiary/aromatic N) is 2. The van der Waals surface area contributed by atoms with Gasteiger partial charge in [0, 0.05) is 24.1 Å². The summed E-state index contributed by atoms with van der Waals surface area (Å²) >= 11 is 1.73. The monoisotopic (exact) mass is 389 g/mol. The summed E-state index contributed by atoms with van der Waals surface area (Å²) in [4.78, 5) is 9.87. The molecule has 0 spiro atoms. The van der Waals surface area contributed by atoms with Crippen LogP contribution in [0.1, 0.15) is 12.5 Å². The molecule has 2 aromatic rings. The number of nitrogens with one attached hydrogen (secondary N) is 1. The second-order valence-corrected chi connectivity index (χ2v) is 6.90. The molecule has 0 saturated heterocycles. The highest BCUT2D eigenvalue weighted by Gasteiger charge is 2.11. The van der Waals surface area contributed by atoms with Gasteiger partial charge in [-0.25, -0.2) is 0 Å². The van der Waals surface area contributed by atoms with Crippen LogP contribution in [0.4, 0.5) is 5.69 Å². The highest BCUT2D eigenvalue weighted by Crippen LogP contribution is 2.29. The van der Waals surface area contributed by atoms with Gasteiger partial charge in [-0.15, -0.1) is 11.8 Å². The molecular weight excluding hydrogens is 362 g/mol. The van der Waals surface area contributed by atoms with E-state index in [1.807, 2.05) is 37.3 Å². The van der Waals surface area contributed by atoms with E-state index in [0.29, 0.717) is 6.54 Å². The van der Waals surface area contributed by atoms with Crippen molar-refractivity contribution in [3.63, 3.8) is 0 Å². The average molecular weight is 390 g/mol. The Morgan fingerprint density at radius 1 is 1.18 bits per heavy atom. The van der Waals surface area contributed by atoms with Gasteiger partial charge in [0.05, 0.1) is 5.69 Å². The van der Waals surface area contributed by atoms with Gasteiger partial charge < -0.3 is 5.32 Å². The van der Waals surface area contributed by atoms with Crippen molar-refractivity contribution in [2.75, 3.05) is 19.8 Å². The zero-order valence-corrected chi connectivity index (χ0v) is 17.6. The lowest BCUT2D eigenvalue weighted by Gasteiger charge is -2.14. The van der Waals surface area contributed by atoms with Crippen LogP contribution in [0.2, 0.25) is 0 Å². The molecule has 1 N–H and O–H groups in total. The Hall–Kier alpha value is -2.85. The molecule has 0 amide bonds. The summed E-state index contributed by atoms with van der Waals surface area (Å²) in [5, 5.41) is 3.41. The first-order chi connectivity index (χ1) is 13.7. The van der Waals surface area contributed by atoms with Gasteiger partial charge in [-0.1, -0.05) is 49.1 Å². The summed E-state index contributed by atoms with van der Waals surface area (Å²) in [7, 11) is 1.78. The number of benzene rings is 2. The topological polar surface area (TPSA) is 36.8 Å². The summed E-state index contributed by atoms with van der Waals surface area (Å²) in [6, 6.07) is 14.7. The Morgan fingerprint density at radius 3 is 2.61 bits per heavy atom. The smallest absolute Gasteiger partial charge is 0.130 e. The van der Waals surface area contributed by atoms with Crippen LogP contribution in [-0.2, 0) is 0 Å². The van der Waals surface area contributed by atoms with Crippen molar-refractivity contribution in [3.8, 4) is 11.1 Å². The number of aliphatic imine (C=N–C) groups is 2. The Balaban J connectivity index is 2.38. The molecule has 0 unspecified atom stereocenters. The molecule has 0 heterocycles. The van der Waals surface area contributed by atoms with E-state index in [2.05, 4.69) is 71.3 Å². The molecule has 3 nitrogen and oxygen atoms in total. The van der Waals surface area contributed by atoms with Crippen LogP contribution in [0.5, 0.6) is 0 Å². The second kappa shape index (κ2) is 11.1. The molecule has 4 heteroatoms. The Bertz CT molecular complexity index is 923. The Labute approximate surface area is 172 Å². The van der Waals surface area contributed by atoms with Gasteiger partial charge in [0.2, 0.25) is 0 Å². The standard InChI is InChI=1S/C24H27N3S/c1-6-8-10-18(7-2)17-27-24(26-4)22-16-20(13-14-23(22)25-3)19-11-9-12-21(15-19)28-5/h6-16H,2-3,17H2,1,4-5H3,(H,26,27)/b8-6-,18-10+. The second-order valence-electron chi connectivity index (χ2n) is 6.02. The van der Waals surface area contributed by atoms with E-state index in [1.54, 1.807) is 18.8 Å². The molecule has 0 saturated carbocycles. The largest absolute Gasteiger partial charge is 0.366 e. The molecule has 2 rings (SSSR count). The van der Waals surface area contributed by atoms with Crippen LogP contribution in [0, 0.1) is 0 Å². The summed E-state index contributed by atoms with van der Waals surface area (Å²) in [5.74, 6) is 0.776. The fourth-order valence-electron chi connectivity index (χ4n) is 2.75. The van der Waals surface area contributed by atoms with E-state index in [9.17, 15) is 0 Å². The van der Waals surface area contributed by atoms with Crippen molar-refractivity contribution < 1.29 is 0 Å². The summed E-state index contributed by atoms with van der Waals surface area (Å²) in [6.45, 7) is 10.2. The van der Waals surface area contributed by atoms with Crippen molar-refractivity contribution in [3.05, 3.63) is 84.5 Å². The van der Waals surface area contributed by atoms with Gasteiger partial charge in [-0.05, 0) is 60.9 Å². The minimum Gasteiger partial charge on any atom is -0.366 e. The molecule has 0 aromatic heterocycles. The lowest BCUT2D eigenvalue weighted by molar-refractivity contribution is 1.00. The SMILES string of the molecule is C=C/C(=C\C=C/C)CNC(=NC)c1cc(-c2cccc(SC)c2)ccc1N=C. The maximum absolute atomic E-state index is 4.46. The third-order valence-corrected chi connectivity index (χ3v) is 5.00. The molecule has 0 bridgehead atoms. The third-order valence-electron chi connectivity index (χ3n) is 4.27. The molecule has 0 fully saturated rings. The highest BCUT2D eigenvalue weighted by atomic mass is 32.2. The van der Waals surface area contributed by atoms with E-state index in [1.165, 1.54) is 10.5 Å². The maximum Gasteiger partial charge on any atom is 0.130 e. The van der Waals surface area contributed by atoms with Crippen LogP contribution < -0.4 is 5.32 Å². The van der Waals surface area contributed by atoms with Crippen LogP contribution in [0.3, 0.4) is 0 Å². The number of hydrogen-bond acceptors (Lipinski definition) is 3. The number of hydrogen-bond donors (Lipinski definition) is 1.